The van der Waals surface area contributed by atoms with Gasteiger partial charge in [0.2, 0.25) is 17.7 Å². The van der Waals surface area contributed by atoms with Gasteiger partial charge in [0, 0.05) is 5.54 Å². The molecule has 106 valence electrons. The SMILES string of the molecule is COc1cc(OC)nc(N(CC(=O)O)C(C)(C)C)n1. The third-order valence-corrected chi connectivity index (χ3v) is 2.43. The maximum absolute atomic E-state index is 11.0. The van der Waals surface area contributed by atoms with Crippen LogP contribution in [0.3, 0.4) is 0 Å². The number of methoxy groups -OCH3 is 2. The number of carboxylic acids is 1. The van der Waals surface area contributed by atoms with Crippen molar-refractivity contribution >= 4 is 11.9 Å². The van der Waals surface area contributed by atoms with Crippen molar-refractivity contribution in [2.45, 2.75) is 26.3 Å². The quantitative estimate of drug-likeness (QED) is 0.859. The van der Waals surface area contributed by atoms with Gasteiger partial charge in [-0.25, -0.2) is 0 Å². The van der Waals surface area contributed by atoms with Crippen LogP contribution in [-0.4, -0.2) is 47.3 Å². The summed E-state index contributed by atoms with van der Waals surface area (Å²) in [4.78, 5) is 20.9. The molecule has 1 heterocycles. The van der Waals surface area contributed by atoms with E-state index in [1.807, 2.05) is 20.8 Å². The minimum atomic E-state index is -0.958. The van der Waals surface area contributed by atoms with Crippen LogP contribution in [0, 0.1) is 0 Å². The van der Waals surface area contributed by atoms with E-state index in [2.05, 4.69) is 9.97 Å². The van der Waals surface area contributed by atoms with E-state index in [0.717, 1.165) is 0 Å². The van der Waals surface area contributed by atoms with E-state index in [4.69, 9.17) is 14.6 Å². The Bertz CT molecular complexity index is 435. The number of hydrogen-bond donors (Lipinski definition) is 1. The molecule has 1 aromatic rings. The lowest BCUT2D eigenvalue weighted by molar-refractivity contribution is -0.135. The smallest absolute Gasteiger partial charge is 0.323 e. The van der Waals surface area contributed by atoms with Crippen molar-refractivity contribution in [1.82, 2.24) is 9.97 Å². The van der Waals surface area contributed by atoms with Crippen LogP contribution < -0.4 is 14.4 Å². The molecule has 1 N–H and O–H groups in total. The van der Waals surface area contributed by atoms with Gasteiger partial charge in [0.1, 0.15) is 6.54 Å². The summed E-state index contributed by atoms with van der Waals surface area (Å²) in [5.41, 5.74) is -0.449. The van der Waals surface area contributed by atoms with Crippen LogP contribution >= 0.6 is 0 Å². The van der Waals surface area contributed by atoms with E-state index in [0.29, 0.717) is 11.8 Å². The largest absolute Gasteiger partial charge is 0.481 e. The summed E-state index contributed by atoms with van der Waals surface area (Å²) in [6, 6.07) is 1.53. The highest BCUT2D eigenvalue weighted by atomic mass is 16.5. The van der Waals surface area contributed by atoms with Crippen LogP contribution in [0.15, 0.2) is 6.07 Å². The molecule has 0 radical (unpaired) electrons. The Morgan fingerprint density at radius 2 is 1.74 bits per heavy atom. The third-order valence-electron chi connectivity index (χ3n) is 2.43. The molecule has 19 heavy (non-hydrogen) atoms. The zero-order valence-corrected chi connectivity index (χ0v) is 11.8. The maximum Gasteiger partial charge on any atom is 0.323 e. The molecule has 7 heteroatoms. The van der Waals surface area contributed by atoms with Gasteiger partial charge in [-0.2, -0.15) is 9.97 Å². The predicted molar refractivity (Wildman–Crippen MR) is 69.9 cm³/mol. The standard InChI is InChI=1S/C12H19N3O4/c1-12(2,3)15(7-10(16)17)11-13-8(18-4)6-9(14-11)19-5/h6H,7H2,1-5H3,(H,16,17). The minimum Gasteiger partial charge on any atom is -0.481 e. The lowest BCUT2D eigenvalue weighted by Gasteiger charge is -2.34. The molecule has 0 saturated heterocycles. The van der Waals surface area contributed by atoms with Crippen molar-refractivity contribution in [3.05, 3.63) is 6.07 Å². The Morgan fingerprint density at radius 3 is 2.05 bits per heavy atom. The van der Waals surface area contributed by atoms with Gasteiger partial charge in [0.25, 0.3) is 0 Å². The first-order valence-corrected chi connectivity index (χ1v) is 5.74. The predicted octanol–water partition coefficient (Wildman–Crippen LogP) is 1.18. The molecule has 0 aromatic carbocycles. The maximum atomic E-state index is 11.0. The van der Waals surface area contributed by atoms with Crippen molar-refractivity contribution < 1.29 is 19.4 Å². The average molecular weight is 269 g/mol. The molecular formula is C12H19N3O4. The molecule has 0 aliphatic rings. The number of hydrogen-bond acceptors (Lipinski definition) is 6. The van der Waals surface area contributed by atoms with Crippen molar-refractivity contribution in [3.63, 3.8) is 0 Å². The molecule has 0 spiro atoms. The first-order chi connectivity index (χ1) is 8.77. The second-order valence-electron chi connectivity index (χ2n) is 4.90. The molecule has 7 nitrogen and oxygen atoms in total. The summed E-state index contributed by atoms with van der Waals surface area (Å²) in [5.74, 6) is -0.0608. The molecule has 1 rings (SSSR count). The first-order valence-electron chi connectivity index (χ1n) is 5.74. The van der Waals surface area contributed by atoms with Gasteiger partial charge in [-0.3, -0.25) is 4.79 Å². The molecule has 0 unspecified atom stereocenters. The lowest BCUT2D eigenvalue weighted by atomic mass is 10.1. The Balaban J connectivity index is 3.24. The summed E-state index contributed by atoms with van der Waals surface area (Å²) >= 11 is 0. The number of rotatable bonds is 5. The fourth-order valence-electron chi connectivity index (χ4n) is 1.47. The molecule has 0 saturated carbocycles. The second-order valence-corrected chi connectivity index (χ2v) is 4.90. The van der Waals surface area contributed by atoms with E-state index in [1.165, 1.54) is 20.3 Å². The van der Waals surface area contributed by atoms with Crippen LogP contribution in [-0.2, 0) is 4.79 Å². The minimum absolute atomic E-state index is 0.209. The van der Waals surface area contributed by atoms with Crippen molar-refractivity contribution in [2.75, 3.05) is 25.7 Å². The Labute approximate surface area is 112 Å². The normalized spacial score (nSPS) is 11.0. The molecule has 1 aromatic heterocycles. The van der Waals surface area contributed by atoms with Crippen LogP contribution in [0.25, 0.3) is 0 Å². The van der Waals surface area contributed by atoms with Crippen LogP contribution in [0.5, 0.6) is 11.8 Å². The molecule has 0 amide bonds. The highest BCUT2D eigenvalue weighted by Gasteiger charge is 2.27. The van der Waals surface area contributed by atoms with Gasteiger partial charge >= 0.3 is 5.97 Å². The third kappa shape index (κ3) is 3.97. The Morgan fingerprint density at radius 1 is 1.26 bits per heavy atom. The monoisotopic (exact) mass is 269 g/mol. The van der Waals surface area contributed by atoms with E-state index in [9.17, 15) is 4.79 Å². The summed E-state index contributed by atoms with van der Waals surface area (Å²) in [7, 11) is 2.95. The van der Waals surface area contributed by atoms with Gasteiger partial charge < -0.3 is 19.5 Å². The summed E-state index contributed by atoms with van der Waals surface area (Å²) in [6.45, 7) is 5.43. The van der Waals surface area contributed by atoms with Crippen molar-refractivity contribution in [1.29, 1.82) is 0 Å². The molecule has 0 atom stereocenters. The fraction of sp³-hybridized carbons (Fsp3) is 0.583. The molecule has 0 bridgehead atoms. The Hall–Kier alpha value is -2.05. The second kappa shape index (κ2) is 5.73. The number of carboxylic acid groups (broad SMARTS) is 1. The highest BCUT2D eigenvalue weighted by Crippen LogP contribution is 2.25. The van der Waals surface area contributed by atoms with Gasteiger partial charge in [-0.15, -0.1) is 0 Å². The van der Waals surface area contributed by atoms with E-state index in [1.54, 1.807) is 4.90 Å². The number of carbonyl (C=O) groups is 1. The van der Waals surface area contributed by atoms with Gasteiger partial charge in [0.05, 0.1) is 20.3 Å². The fourth-order valence-corrected chi connectivity index (χ4v) is 1.47. The summed E-state index contributed by atoms with van der Waals surface area (Å²) in [5, 5.41) is 9.00. The molecular weight excluding hydrogens is 250 g/mol. The van der Waals surface area contributed by atoms with Crippen LogP contribution in [0.2, 0.25) is 0 Å². The summed E-state index contributed by atoms with van der Waals surface area (Å²) < 4.78 is 10.1. The molecule has 0 aliphatic carbocycles. The van der Waals surface area contributed by atoms with Crippen molar-refractivity contribution in [3.8, 4) is 11.8 Å². The number of anilines is 1. The average Bonchev–Trinajstić information content (AvgIpc) is 2.33. The first kappa shape index (κ1) is 15.0. The number of nitrogens with zero attached hydrogens (tertiary/aromatic N) is 3. The van der Waals surface area contributed by atoms with E-state index < -0.39 is 11.5 Å². The number of ether oxygens (including phenoxy) is 2. The molecule has 0 fully saturated rings. The Kier molecular flexibility index (Phi) is 4.52. The highest BCUT2D eigenvalue weighted by molar-refractivity contribution is 5.73. The van der Waals surface area contributed by atoms with Gasteiger partial charge in [-0.05, 0) is 20.8 Å². The zero-order chi connectivity index (χ0) is 14.6. The van der Waals surface area contributed by atoms with Crippen molar-refractivity contribution in [2.24, 2.45) is 0 Å². The number of aliphatic carboxylic acids is 1. The molecule has 0 aliphatic heterocycles. The van der Waals surface area contributed by atoms with Gasteiger partial charge in [0.15, 0.2) is 0 Å². The van der Waals surface area contributed by atoms with Gasteiger partial charge in [-0.1, -0.05) is 0 Å². The van der Waals surface area contributed by atoms with Crippen LogP contribution in [0.1, 0.15) is 20.8 Å². The topological polar surface area (TPSA) is 84.8 Å². The lowest BCUT2D eigenvalue weighted by Crippen LogP contribution is -2.45. The van der Waals surface area contributed by atoms with E-state index >= 15 is 0 Å². The number of aromatic nitrogens is 2. The van der Waals surface area contributed by atoms with E-state index in [-0.39, 0.29) is 12.5 Å². The summed E-state index contributed by atoms with van der Waals surface area (Å²) in [6.07, 6.45) is 0. The van der Waals surface area contributed by atoms with Crippen LogP contribution in [0.4, 0.5) is 5.95 Å². The zero-order valence-electron chi connectivity index (χ0n) is 11.8.